The molecule has 0 aliphatic carbocycles. The van der Waals surface area contributed by atoms with Gasteiger partial charge in [-0.15, -0.1) is 0 Å². The lowest BCUT2D eigenvalue weighted by atomic mass is 9.77. The van der Waals surface area contributed by atoms with Gasteiger partial charge < -0.3 is 44.0 Å². The highest BCUT2D eigenvalue weighted by Crippen LogP contribution is 2.57. The summed E-state index contributed by atoms with van der Waals surface area (Å²) in [4.78, 5) is 83.2. The van der Waals surface area contributed by atoms with Crippen molar-refractivity contribution in [2.24, 2.45) is 0 Å². The van der Waals surface area contributed by atoms with Crippen molar-refractivity contribution in [3.05, 3.63) is 147 Å². The summed E-state index contributed by atoms with van der Waals surface area (Å²) < 4.78 is 34.3. The van der Waals surface area contributed by atoms with Gasteiger partial charge in [-0.1, -0.05) is 41.9 Å². The zero-order chi connectivity index (χ0) is 49.0. The summed E-state index contributed by atoms with van der Waals surface area (Å²) >= 11 is 6.67. The highest BCUT2D eigenvalue weighted by Gasteiger charge is 2.54. The number of nitrogens with zero attached hydrogens (tertiary/aromatic N) is 2. The number of benzene rings is 5. The molecule has 0 atom stereocenters. The number of nitrogens with one attached hydrogen (secondary N) is 2. The Balaban J connectivity index is 0.826. The molecular formula is C52H47ClN4O12. The zero-order valence-corrected chi connectivity index (χ0v) is 39.1. The maximum Gasteiger partial charge on any atom is 0.340 e. The molecule has 0 fully saturated rings. The van der Waals surface area contributed by atoms with Gasteiger partial charge in [0.25, 0.3) is 17.7 Å². The Labute approximate surface area is 401 Å². The Morgan fingerprint density at radius 1 is 0.696 bits per heavy atom. The van der Waals surface area contributed by atoms with Gasteiger partial charge in [0.1, 0.15) is 28.7 Å². The van der Waals surface area contributed by atoms with E-state index in [1.54, 1.807) is 72.6 Å². The number of aromatic nitrogens is 1. The van der Waals surface area contributed by atoms with Crippen molar-refractivity contribution in [3.63, 3.8) is 0 Å². The minimum atomic E-state index is -1.51. The van der Waals surface area contributed by atoms with E-state index in [4.69, 9.17) is 45.0 Å². The Hall–Kier alpha value is -7.66. The van der Waals surface area contributed by atoms with E-state index in [-0.39, 0.29) is 97.2 Å². The number of pyridine rings is 1. The summed E-state index contributed by atoms with van der Waals surface area (Å²) in [5.74, 6) is -1.89. The first kappa shape index (κ1) is 47.8. The average Bonchev–Trinajstić information content (AvgIpc) is 3.61. The van der Waals surface area contributed by atoms with Gasteiger partial charge in [-0.2, -0.15) is 0 Å². The molecule has 6 aromatic rings. The van der Waals surface area contributed by atoms with Crippen LogP contribution in [0.15, 0.2) is 103 Å². The number of ether oxygens (including phenoxy) is 6. The van der Waals surface area contributed by atoms with Gasteiger partial charge in [-0.3, -0.25) is 24.0 Å². The Morgan fingerprint density at radius 2 is 1.25 bits per heavy atom. The number of halogens is 1. The second-order valence-corrected chi connectivity index (χ2v) is 16.9. The third-order valence-electron chi connectivity index (χ3n) is 11.5. The van der Waals surface area contributed by atoms with Crippen molar-refractivity contribution in [2.45, 2.75) is 39.3 Å². The second kappa shape index (κ2) is 20.3. The molecule has 69 heavy (non-hydrogen) atoms. The van der Waals surface area contributed by atoms with Gasteiger partial charge in [-0.05, 0) is 79.9 Å². The van der Waals surface area contributed by atoms with E-state index >= 15 is 0 Å². The number of amides is 3. The second-order valence-electron chi connectivity index (χ2n) is 16.5. The number of carbonyl (C=O) groups is 6. The summed E-state index contributed by atoms with van der Waals surface area (Å²) in [5, 5.41) is 7.63. The summed E-state index contributed by atoms with van der Waals surface area (Å²) in [7, 11) is 1.73. The number of hydrogen-bond donors (Lipinski definition) is 2. The number of rotatable bonds is 16. The van der Waals surface area contributed by atoms with Crippen molar-refractivity contribution < 1.29 is 57.2 Å². The third kappa shape index (κ3) is 10.00. The van der Waals surface area contributed by atoms with Gasteiger partial charge in [0.2, 0.25) is 0 Å². The van der Waals surface area contributed by atoms with Gasteiger partial charge in [0.15, 0.2) is 5.60 Å². The highest BCUT2D eigenvalue weighted by atomic mass is 35.5. The van der Waals surface area contributed by atoms with Crippen molar-refractivity contribution >= 4 is 58.0 Å². The van der Waals surface area contributed by atoms with Gasteiger partial charge >= 0.3 is 17.9 Å². The molecule has 2 N–H and O–H groups in total. The maximum absolute atomic E-state index is 13.6. The average molecular weight is 955 g/mol. The molecule has 0 radical (unpaired) electrons. The van der Waals surface area contributed by atoms with Crippen molar-refractivity contribution in [1.82, 2.24) is 20.5 Å². The molecule has 0 bridgehead atoms. The minimum absolute atomic E-state index is 0.0323. The number of hydrogen-bond acceptors (Lipinski definition) is 13. The van der Waals surface area contributed by atoms with Crippen LogP contribution in [0.3, 0.4) is 0 Å². The molecule has 5 aromatic carbocycles. The van der Waals surface area contributed by atoms with E-state index in [1.807, 2.05) is 38.1 Å². The van der Waals surface area contributed by atoms with E-state index in [1.165, 1.54) is 32.0 Å². The van der Waals surface area contributed by atoms with Gasteiger partial charge in [0, 0.05) is 90.9 Å². The van der Waals surface area contributed by atoms with Crippen LogP contribution in [0.2, 0.25) is 5.02 Å². The fourth-order valence-corrected chi connectivity index (χ4v) is 8.27. The van der Waals surface area contributed by atoms with Crippen LogP contribution < -0.4 is 24.8 Å². The van der Waals surface area contributed by atoms with E-state index < -0.39 is 29.4 Å². The lowest BCUT2D eigenvalue weighted by molar-refractivity contribution is -0.132. The fraction of sp³-hybridized carbons (Fsp3) is 0.250. The van der Waals surface area contributed by atoms with E-state index in [9.17, 15) is 28.8 Å². The quantitative estimate of drug-likeness (QED) is 0.0546. The van der Waals surface area contributed by atoms with Crippen molar-refractivity contribution in [2.75, 3.05) is 46.6 Å². The SMILES string of the molecule is CC(=O)Oc1ccc2c(c1)Oc1cc(OC(C)=O)ccc1C21OC(=O)c2cc(C(=O)NCCOCCOCCNC(=O)c3ccc(Cl)c(-c4nc(C(=O)N(C)C(C)C)cc5ccccc45)c3)ccc21. The van der Waals surface area contributed by atoms with Gasteiger partial charge in [0.05, 0.1) is 42.7 Å². The molecule has 3 heterocycles. The van der Waals surface area contributed by atoms with Crippen molar-refractivity contribution in [1.29, 1.82) is 0 Å². The molecule has 354 valence electrons. The summed E-state index contributed by atoms with van der Waals surface area (Å²) in [6.45, 7) is 7.61. The van der Waals surface area contributed by atoms with Crippen LogP contribution in [0.4, 0.5) is 0 Å². The van der Waals surface area contributed by atoms with E-state index in [0.29, 0.717) is 38.5 Å². The number of esters is 3. The summed E-state index contributed by atoms with van der Waals surface area (Å²) in [6, 6.07) is 28.3. The molecular weight excluding hydrogens is 908 g/mol. The first-order valence-corrected chi connectivity index (χ1v) is 22.4. The Morgan fingerprint density at radius 3 is 1.83 bits per heavy atom. The monoisotopic (exact) mass is 954 g/mol. The van der Waals surface area contributed by atoms with Crippen LogP contribution in [0.25, 0.3) is 22.0 Å². The normalized spacial score (nSPS) is 12.9. The number of carbonyl (C=O) groups excluding carboxylic acids is 6. The molecule has 3 amide bonds. The predicted molar refractivity (Wildman–Crippen MR) is 253 cm³/mol. The Bertz CT molecular complexity index is 2980. The summed E-state index contributed by atoms with van der Waals surface area (Å²) in [6.07, 6.45) is 0. The number of fused-ring (bicyclic) bond motifs is 7. The smallest absolute Gasteiger partial charge is 0.340 e. The zero-order valence-electron chi connectivity index (χ0n) is 38.3. The molecule has 0 unspecified atom stereocenters. The van der Waals surface area contributed by atoms with E-state index in [0.717, 1.165) is 10.8 Å². The van der Waals surface area contributed by atoms with Crippen molar-refractivity contribution in [3.8, 4) is 34.3 Å². The van der Waals surface area contributed by atoms with Crippen LogP contribution in [0.1, 0.15) is 85.9 Å². The molecule has 1 spiro atoms. The molecule has 16 nitrogen and oxygen atoms in total. The molecule has 2 aliphatic rings. The standard InChI is InChI=1S/C52H47ClN4O12/c1-29(2)57(5)50(62)44-26-32-8-6-7-9-37(32)47(56-44)39-25-34(11-17-43(39)53)49(61)55-19-21-65-23-22-64-20-18-54-48(60)33-10-14-40-38(24-33)51(63)69-52(40)41-15-12-35(66-30(3)58)27-45(41)68-46-28-36(67-31(4)59)13-16-42(46)52/h6-17,24-29H,18-23H2,1-5H3,(H,54,60)(H,55,61). The molecule has 2 aliphatic heterocycles. The molecule has 0 saturated carbocycles. The lowest BCUT2D eigenvalue weighted by Crippen LogP contribution is -2.33. The van der Waals surface area contributed by atoms with E-state index in [2.05, 4.69) is 10.6 Å². The molecule has 0 saturated heterocycles. The van der Waals surface area contributed by atoms with Gasteiger partial charge in [-0.25, -0.2) is 9.78 Å². The molecule has 1 aromatic heterocycles. The minimum Gasteiger partial charge on any atom is -0.456 e. The lowest BCUT2D eigenvalue weighted by Gasteiger charge is -2.36. The predicted octanol–water partition coefficient (Wildman–Crippen LogP) is 7.65. The van der Waals surface area contributed by atoms with Crippen LogP contribution in [0, 0.1) is 0 Å². The highest BCUT2D eigenvalue weighted by molar-refractivity contribution is 6.34. The first-order valence-electron chi connectivity index (χ1n) is 22.0. The van der Waals surface area contributed by atoms with Crippen LogP contribution in [-0.4, -0.2) is 98.1 Å². The van der Waals surface area contributed by atoms with Crippen LogP contribution in [0.5, 0.6) is 23.0 Å². The molecule has 17 heteroatoms. The first-order chi connectivity index (χ1) is 33.1. The molecule has 8 rings (SSSR count). The topological polar surface area (TPSA) is 198 Å². The third-order valence-corrected chi connectivity index (χ3v) is 11.8. The maximum atomic E-state index is 13.6. The largest absolute Gasteiger partial charge is 0.456 e. The Kier molecular flexibility index (Phi) is 14.1. The fourth-order valence-electron chi connectivity index (χ4n) is 8.07. The van der Waals surface area contributed by atoms with Crippen LogP contribution >= 0.6 is 11.6 Å². The van der Waals surface area contributed by atoms with Crippen LogP contribution in [-0.2, 0) is 29.4 Å². The summed E-state index contributed by atoms with van der Waals surface area (Å²) in [5.41, 5.74) is 1.85.